The first-order valence-corrected chi connectivity index (χ1v) is 6.73. The topological polar surface area (TPSA) is 64.3 Å². The Morgan fingerprint density at radius 3 is 2.57 bits per heavy atom. The van der Waals surface area contributed by atoms with Crippen molar-refractivity contribution in [1.29, 1.82) is 0 Å². The van der Waals surface area contributed by atoms with Crippen LogP contribution in [0.2, 0.25) is 5.02 Å². The van der Waals surface area contributed by atoms with E-state index in [9.17, 15) is 4.79 Å². The Bertz CT molecular complexity index is 751. The monoisotopic (exact) mass is 300 g/mol. The van der Waals surface area contributed by atoms with Crippen molar-refractivity contribution in [2.75, 3.05) is 12.4 Å². The van der Waals surface area contributed by atoms with E-state index >= 15 is 0 Å². The molecule has 0 aromatic heterocycles. The fraction of sp³-hybridized carbons (Fsp3) is 0.0625. The van der Waals surface area contributed by atoms with Gasteiger partial charge < -0.3 is 15.8 Å². The van der Waals surface area contributed by atoms with Crippen LogP contribution in [0.1, 0.15) is 11.1 Å². The van der Waals surface area contributed by atoms with Crippen molar-refractivity contribution in [2.24, 2.45) is 5.73 Å². The van der Waals surface area contributed by atoms with Gasteiger partial charge in [-0.05, 0) is 48.0 Å². The van der Waals surface area contributed by atoms with Crippen molar-refractivity contribution >= 4 is 34.5 Å². The lowest BCUT2D eigenvalue weighted by molar-refractivity contribution is -0.110. The number of halogens is 1. The van der Waals surface area contributed by atoms with Gasteiger partial charge in [0.25, 0.3) is 5.91 Å². The SMILES string of the molecule is COc1ccc(C(N)=C2C(=O)Nc3ccc(Cl)cc32)cc1. The van der Waals surface area contributed by atoms with E-state index in [1.165, 1.54) is 0 Å². The fourth-order valence-corrected chi connectivity index (χ4v) is 2.49. The number of hydrogen-bond acceptors (Lipinski definition) is 3. The van der Waals surface area contributed by atoms with Gasteiger partial charge in [-0.3, -0.25) is 4.79 Å². The van der Waals surface area contributed by atoms with Gasteiger partial charge in [0.1, 0.15) is 5.75 Å². The molecule has 0 fully saturated rings. The molecule has 0 aliphatic carbocycles. The summed E-state index contributed by atoms with van der Waals surface area (Å²) in [7, 11) is 1.60. The van der Waals surface area contributed by atoms with Crippen molar-refractivity contribution in [2.45, 2.75) is 0 Å². The number of nitrogens with two attached hydrogens (primary N) is 1. The van der Waals surface area contributed by atoms with Gasteiger partial charge in [-0.2, -0.15) is 0 Å². The highest BCUT2D eigenvalue weighted by molar-refractivity contribution is 6.38. The predicted octanol–water partition coefficient (Wildman–Crippen LogP) is 3.13. The highest BCUT2D eigenvalue weighted by Gasteiger charge is 2.27. The van der Waals surface area contributed by atoms with Gasteiger partial charge in [0.05, 0.1) is 18.4 Å². The first-order valence-electron chi connectivity index (χ1n) is 6.35. The molecule has 0 saturated heterocycles. The summed E-state index contributed by atoms with van der Waals surface area (Å²) in [4.78, 5) is 12.2. The first-order chi connectivity index (χ1) is 10.1. The summed E-state index contributed by atoms with van der Waals surface area (Å²) < 4.78 is 5.11. The van der Waals surface area contributed by atoms with Gasteiger partial charge in [-0.15, -0.1) is 0 Å². The maximum Gasteiger partial charge on any atom is 0.258 e. The van der Waals surface area contributed by atoms with Gasteiger partial charge in [0.2, 0.25) is 0 Å². The third-order valence-electron chi connectivity index (χ3n) is 3.40. The van der Waals surface area contributed by atoms with E-state index in [-0.39, 0.29) is 5.91 Å². The smallest absolute Gasteiger partial charge is 0.258 e. The molecule has 3 rings (SSSR count). The second-order valence-electron chi connectivity index (χ2n) is 4.66. The second-order valence-corrected chi connectivity index (χ2v) is 5.10. The molecule has 2 aromatic rings. The Morgan fingerprint density at radius 2 is 1.90 bits per heavy atom. The number of anilines is 1. The molecule has 5 heteroatoms. The molecule has 1 heterocycles. The zero-order chi connectivity index (χ0) is 15.0. The Labute approximate surface area is 127 Å². The summed E-state index contributed by atoms with van der Waals surface area (Å²) in [5.74, 6) is 0.511. The minimum Gasteiger partial charge on any atom is -0.497 e. The van der Waals surface area contributed by atoms with Crippen molar-refractivity contribution in [3.63, 3.8) is 0 Å². The second kappa shape index (κ2) is 5.14. The quantitative estimate of drug-likeness (QED) is 0.838. The Kier molecular flexibility index (Phi) is 3.31. The lowest BCUT2D eigenvalue weighted by Crippen LogP contribution is -2.09. The van der Waals surface area contributed by atoms with Gasteiger partial charge in [-0.1, -0.05) is 11.6 Å². The van der Waals surface area contributed by atoms with E-state index in [1.807, 2.05) is 12.1 Å². The van der Waals surface area contributed by atoms with Gasteiger partial charge in [0, 0.05) is 16.3 Å². The third-order valence-corrected chi connectivity index (χ3v) is 3.63. The molecule has 1 aliphatic rings. The molecule has 0 unspecified atom stereocenters. The summed E-state index contributed by atoms with van der Waals surface area (Å²) in [5, 5.41) is 3.35. The third kappa shape index (κ3) is 2.34. The average Bonchev–Trinajstić information content (AvgIpc) is 2.82. The summed E-state index contributed by atoms with van der Waals surface area (Å²) in [6, 6.07) is 12.5. The number of fused-ring (bicyclic) bond motifs is 1. The first kappa shape index (κ1) is 13.5. The molecule has 2 aromatic carbocycles. The van der Waals surface area contributed by atoms with Crippen molar-refractivity contribution in [3.05, 3.63) is 58.6 Å². The molecule has 0 bridgehead atoms. The normalized spacial score (nSPS) is 15.4. The maximum atomic E-state index is 12.2. The van der Waals surface area contributed by atoms with E-state index in [0.29, 0.717) is 16.3 Å². The van der Waals surface area contributed by atoms with E-state index in [2.05, 4.69) is 5.32 Å². The Morgan fingerprint density at radius 1 is 1.19 bits per heavy atom. The molecule has 106 valence electrons. The van der Waals surface area contributed by atoms with Crippen molar-refractivity contribution in [3.8, 4) is 5.75 Å². The number of carbonyl (C=O) groups is 1. The summed E-state index contributed by atoms with van der Waals surface area (Å²) in [5.41, 5.74) is 9.24. The van der Waals surface area contributed by atoms with E-state index in [0.717, 1.165) is 22.6 Å². The van der Waals surface area contributed by atoms with Crippen molar-refractivity contribution in [1.82, 2.24) is 0 Å². The number of amides is 1. The van der Waals surface area contributed by atoms with Crippen LogP contribution in [0.15, 0.2) is 42.5 Å². The minimum absolute atomic E-state index is 0.222. The number of carbonyl (C=O) groups excluding carboxylic acids is 1. The lowest BCUT2D eigenvalue weighted by Gasteiger charge is -2.07. The van der Waals surface area contributed by atoms with Crippen LogP contribution in [0.5, 0.6) is 5.75 Å². The molecule has 21 heavy (non-hydrogen) atoms. The van der Waals surface area contributed by atoms with Crippen LogP contribution < -0.4 is 15.8 Å². The Balaban J connectivity index is 2.13. The lowest BCUT2D eigenvalue weighted by atomic mass is 10.0. The number of rotatable bonds is 2. The van der Waals surface area contributed by atoms with Crippen LogP contribution in [-0.4, -0.2) is 13.0 Å². The molecular weight excluding hydrogens is 288 g/mol. The molecule has 3 N–H and O–H groups in total. The number of ether oxygens (including phenoxy) is 1. The molecule has 0 saturated carbocycles. The fourth-order valence-electron chi connectivity index (χ4n) is 2.32. The standard InChI is InChI=1S/C16H13ClN2O2/c1-21-11-5-2-9(3-6-11)15(18)14-12-8-10(17)4-7-13(12)19-16(14)20/h2-8H,18H2,1H3,(H,19,20). The summed E-state index contributed by atoms with van der Waals surface area (Å²) in [6.45, 7) is 0. The van der Waals surface area contributed by atoms with E-state index in [4.69, 9.17) is 22.1 Å². The predicted molar refractivity (Wildman–Crippen MR) is 84.1 cm³/mol. The number of methoxy groups -OCH3 is 1. The largest absolute Gasteiger partial charge is 0.497 e. The molecule has 0 spiro atoms. The van der Waals surface area contributed by atoms with Gasteiger partial charge in [-0.25, -0.2) is 0 Å². The minimum atomic E-state index is -0.222. The van der Waals surface area contributed by atoms with Gasteiger partial charge in [0.15, 0.2) is 0 Å². The molecule has 4 nitrogen and oxygen atoms in total. The van der Waals surface area contributed by atoms with E-state index < -0.39 is 0 Å². The Hall–Kier alpha value is -2.46. The molecule has 0 radical (unpaired) electrons. The number of benzene rings is 2. The summed E-state index contributed by atoms with van der Waals surface area (Å²) in [6.07, 6.45) is 0. The maximum absolute atomic E-state index is 12.2. The highest BCUT2D eigenvalue weighted by Crippen LogP contribution is 2.36. The van der Waals surface area contributed by atoms with Crippen molar-refractivity contribution < 1.29 is 9.53 Å². The van der Waals surface area contributed by atoms with Crippen LogP contribution in [0.25, 0.3) is 11.3 Å². The summed E-state index contributed by atoms with van der Waals surface area (Å²) >= 11 is 6.01. The van der Waals surface area contributed by atoms with Crippen LogP contribution in [0.3, 0.4) is 0 Å². The molecule has 1 aliphatic heterocycles. The van der Waals surface area contributed by atoms with Crippen LogP contribution in [0, 0.1) is 0 Å². The van der Waals surface area contributed by atoms with Crippen LogP contribution in [-0.2, 0) is 4.79 Å². The van der Waals surface area contributed by atoms with Crippen LogP contribution in [0.4, 0.5) is 5.69 Å². The molecule has 0 atom stereocenters. The zero-order valence-corrected chi connectivity index (χ0v) is 12.1. The van der Waals surface area contributed by atoms with Crippen LogP contribution >= 0.6 is 11.6 Å². The number of nitrogens with one attached hydrogen (secondary N) is 1. The zero-order valence-electron chi connectivity index (χ0n) is 11.3. The number of hydrogen-bond donors (Lipinski definition) is 2. The molecule has 1 amide bonds. The molecular formula is C16H13ClN2O2. The van der Waals surface area contributed by atoms with E-state index in [1.54, 1.807) is 37.4 Å². The van der Waals surface area contributed by atoms with Gasteiger partial charge >= 0.3 is 0 Å². The highest BCUT2D eigenvalue weighted by atomic mass is 35.5. The average molecular weight is 301 g/mol.